The highest BCUT2D eigenvalue weighted by Crippen LogP contribution is 2.21. The molecule has 1 heterocycles. The highest BCUT2D eigenvalue weighted by molar-refractivity contribution is 8.00. The van der Waals surface area contributed by atoms with Crippen LogP contribution in [0.3, 0.4) is 0 Å². The summed E-state index contributed by atoms with van der Waals surface area (Å²) >= 11 is 1.41. The number of amides is 1. The Kier molecular flexibility index (Phi) is 5.82. The molecule has 19 heavy (non-hydrogen) atoms. The monoisotopic (exact) mass is 282 g/mol. The molecule has 0 saturated heterocycles. The Balaban J connectivity index is 2.41. The van der Waals surface area contributed by atoms with Crippen molar-refractivity contribution in [1.82, 2.24) is 10.3 Å². The Bertz CT molecular complexity index is 404. The lowest BCUT2D eigenvalue weighted by molar-refractivity contribution is -0.121. The number of aromatic nitrogens is 1. The quantitative estimate of drug-likeness (QED) is 0.812. The molecule has 0 aliphatic carbocycles. The van der Waals surface area contributed by atoms with E-state index in [0.29, 0.717) is 0 Å². The average molecular weight is 282 g/mol. The van der Waals surface area contributed by atoms with Crippen LogP contribution in [-0.2, 0) is 4.79 Å². The average Bonchev–Trinajstić information content (AvgIpc) is 2.35. The van der Waals surface area contributed by atoms with Gasteiger partial charge in [-0.1, -0.05) is 38.6 Å². The minimum Gasteiger partial charge on any atom is -0.391 e. The summed E-state index contributed by atoms with van der Waals surface area (Å²) < 4.78 is 0. The number of hydrogen-bond acceptors (Lipinski definition) is 4. The topological polar surface area (TPSA) is 62.2 Å². The van der Waals surface area contributed by atoms with Gasteiger partial charge in [-0.25, -0.2) is 4.98 Å². The van der Waals surface area contributed by atoms with E-state index in [-0.39, 0.29) is 23.1 Å². The number of nitrogens with zero attached hydrogens (tertiary/aromatic N) is 1. The molecule has 0 saturated carbocycles. The van der Waals surface area contributed by atoms with Crippen LogP contribution in [0.15, 0.2) is 29.4 Å². The predicted octanol–water partition coefficient (Wildman–Crippen LogP) is 2.09. The molecule has 0 aliphatic rings. The number of carbonyl (C=O) groups excluding carboxylic acids is 1. The van der Waals surface area contributed by atoms with Crippen molar-refractivity contribution in [2.75, 3.05) is 6.54 Å². The molecule has 2 unspecified atom stereocenters. The molecule has 1 aromatic rings. The number of nitrogens with one attached hydrogen (secondary N) is 1. The van der Waals surface area contributed by atoms with Gasteiger partial charge < -0.3 is 10.4 Å². The van der Waals surface area contributed by atoms with Crippen LogP contribution in [-0.4, -0.2) is 33.9 Å². The lowest BCUT2D eigenvalue weighted by Crippen LogP contribution is -2.41. The van der Waals surface area contributed by atoms with Crippen LogP contribution in [0.2, 0.25) is 0 Å². The third-order valence-corrected chi connectivity index (χ3v) is 3.82. The molecular formula is C14H22N2O2S. The summed E-state index contributed by atoms with van der Waals surface area (Å²) in [6.45, 7) is 7.93. The molecule has 2 atom stereocenters. The molecule has 106 valence electrons. The van der Waals surface area contributed by atoms with Crippen LogP contribution in [0.1, 0.15) is 27.7 Å². The zero-order chi connectivity index (χ0) is 14.5. The van der Waals surface area contributed by atoms with Gasteiger partial charge >= 0.3 is 0 Å². The summed E-state index contributed by atoms with van der Waals surface area (Å²) in [6.07, 6.45) is 1.15. The fourth-order valence-electron chi connectivity index (χ4n) is 1.30. The second kappa shape index (κ2) is 6.91. The predicted molar refractivity (Wildman–Crippen MR) is 78.0 cm³/mol. The number of pyridine rings is 1. The van der Waals surface area contributed by atoms with Crippen LogP contribution in [0.25, 0.3) is 0 Å². The Labute approximate surface area is 119 Å². The number of carbonyl (C=O) groups is 1. The van der Waals surface area contributed by atoms with Crippen molar-refractivity contribution in [3.05, 3.63) is 24.4 Å². The maximum atomic E-state index is 11.9. The number of thioether (sulfide) groups is 1. The standard InChI is InChI=1S/C14H22N2O2S/c1-10(19-12-7-5-6-8-15-12)13(18)16-9-11(17)14(2,3)4/h5-8,10-11,17H,9H2,1-4H3,(H,16,18). The zero-order valence-corrected chi connectivity index (χ0v) is 12.7. The van der Waals surface area contributed by atoms with Crippen LogP contribution in [0.4, 0.5) is 0 Å². The van der Waals surface area contributed by atoms with Crippen molar-refractivity contribution in [2.45, 2.75) is 44.1 Å². The fraction of sp³-hybridized carbons (Fsp3) is 0.571. The Hall–Kier alpha value is -1.07. The molecule has 0 aromatic carbocycles. The number of rotatable bonds is 5. The normalized spacial score (nSPS) is 14.8. The first-order valence-electron chi connectivity index (χ1n) is 6.34. The minimum absolute atomic E-state index is 0.0843. The smallest absolute Gasteiger partial charge is 0.233 e. The molecule has 0 bridgehead atoms. The molecule has 0 radical (unpaired) electrons. The maximum Gasteiger partial charge on any atom is 0.233 e. The Morgan fingerprint density at radius 2 is 2.16 bits per heavy atom. The van der Waals surface area contributed by atoms with Gasteiger partial charge in [0.15, 0.2) is 0 Å². The second-order valence-corrected chi connectivity index (χ2v) is 6.92. The first-order chi connectivity index (χ1) is 8.80. The summed E-state index contributed by atoms with van der Waals surface area (Å²) in [4.78, 5) is 16.1. The number of hydrogen-bond donors (Lipinski definition) is 2. The van der Waals surface area contributed by atoms with Gasteiger partial charge in [0.2, 0.25) is 5.91 Å². The van der Waals surface area contributed by atoms with Crippen molar-refractivity contribution in [1.29, 1.82) is 0 Å². The van der Waals surface area contributed by atoms with E-state index in [2.05, 4.69) is 10.3 Å². The SMILES string of the molecule is CC(Sc1ccccn1)C(=O)NCC(O)C(C)(C)C. The van der Waals surface area contributed by atoms with Gasteiger partial charge in [-0.05, 0) is 24.5 Å². The van der Waals surface area contributed by atoms with Gasteiger partial charge in [0.05, 0.1) is 16.4 Å². The third kappa shape index (κ3) is 5.61. The van der Waals surface area contributed by atoms with E-state index in [1.165, 1.54) is 11.8 Å². The van der Waals surface area contributed by atoms with E-state index in [1.54, 1.807) is 6.20 Å². The van der Waals surface area contributed by atoms with Crippen LogP contribution in [0, 0.1) is 5.41 Å². The van der Waals surface area contributed by atoms with E-state index in [0.717, 1.165) is 5.03 Å². The highest BCUT2D eigenvalue weighted by Gasteiger charge is 2.23. The lowest BCUT2D eigenvalue weighted by Gasteiger charge is -2.26. The second-order valence-electron chi connectivity index (χ2n) is 5.56. The first kappa shape index (κ1) is 16.0. The Morgan fingerprint density at radius 1 is 1.47 bits per heavy atom. The number of aliphatic hydroxyl groups excluding tert-OH is 1. The van der Waals surface area contributed by atoms with E-state index < -0.39 is 6.10 Å². The van der Waals surface area contributed by atoms with Crippen LogP contribution < -0.4 is 5.32 Å². The lowest BCUT2D eigenvalue weighted by atomic mass is 9.89. The largest absolute Gasteiger partial charge is 0.391 e. The maximum absolute atomic E-state index is 11.9. The van der Waals surface area contributed by atoms with E-state index in [1.807, 2.05) is 45.9 Å². The van der Waals surface area contributed by atoms with E-state index in [9.17, 15) is 9.90 Å². The summed E-state index contributed by atoms with van der Waals surface area (Å²) in [6, 6.07) is 5.61. The fourth-order valence-corrected chi connectivity index (χ4v) is 2.13. The molecule has 2 N–H and O–H groups in total. The van der Waals surface area contributed by atoms with Crippen molar-refractivity contribution < 1.29 is 9.90 Å². The summed E-state index contributed by atoms with van der Waals surface area (Å²) in [5.41, 5.74) is -0.232. The summed E-state index contributed by atoms with van der Waals surface area (Å²) in [5, 5.41) is 13.2. The molecule has 1 aromatic heterocycles. The van der Waals surface area contributed by atoms with Gasteiger partial charge in [-0.3, -0.25) is 4.79 Å². The van der Waals surface area contributed by atoms with Gasteiger partial charge in [0, 0.05) is 12.7 Å². The molecule has 1 amide bonds. The first-order valence-corrected chi connectivity index (χ1v) is 7.22. The molecule has 1 rings (SSSR count). The van der Waals surface area contributed by atoms with E-state index in [4.69, 9.17) is 0 Å². The van der Waals surface area contributed by atoms with Crippen molar-refractivity contribution in [3.8, 4) is 0 Å². The van der Waals surface area contributed by atoms with Gasteiger partial charge in [-0.2, -0.15) is 0 Å². The third-order valence-electron chi connectivity index (χ3n) is 2.77. The van der Waals surface area contributed by atoms with Crippen molar-refractivity contribution >= 4 is 17.7 Å². The molecular weight excluding hydrogens is 260 g/mol. The minimum atomic E-state index is -0.552. The molecule has 4 nitrogen and oxygen atoms in total. The zero-order valence-electron chi connectivity index (χ0n) is 11.9. The van der Waals surface area contributed by atoms with Crippen LogP contribution >= 0.6 is 11.8 Å². The molecule has 0 aliphatic heterocycles. The Morgan fingerprint density at radius 3 is 2.68 bits per heavy atom. The van der Waals surface area contributed by atoms with Crippen molar-refractivity contribution in [3.63, 3.8) is 0 Å². The molecule has 5 heteroatoms. The van der Waals surface area contributed by atoms with Gasteiger partial charge in [0.1, 0.15) is 0 Å². The number of aliphatic hydroxyl groups is 1. The molecule has 0 fully saturated rings. The highest BCUT2D eigenvalue weighted by atomic mass is 32.2. The summed E-state index contributed by atoms with van der Waals surface area (Å²) in [5.74, 6) is -0.0843. The van der Waals surface area contributed by atoms with E-state index >= 15 is 0 Å². The van der Waals surface area contributed by atoms with Crippen LogP contribution in [0.5, 0.6) is 0 Å². The summed E-state index contributed by atoms with van der Waals surface area (Å²) in [7, 11) is 0. The van der Waals surface area contributed by atoms with Gasteiger partial charge in [-0.15, -0.1) is 0 Å². The van der Waals surface area contributed by atoms with Gasteiger partial charge in [0.25, 0.3) is 0 Å². The van der Waals surface area contributed by atoms with Crippen molar-refractivity contribution in [2.24, 2.45) is 5.41 Å². The molecule has 0 spiro atoms.